The summed E-state index contributed by atoms with van der Waals surface area (Å²) in [6.45, 7) is 7.77. The molecule has 1 saturated heterocycles. The lowest BCUT2D eigenvalue weighted by molar-refractivity contribution is -0.135. The number of benzene rings is 1. The highest BCUT2D eigenvalue weighted by Gasteiger charge is 2.30. The van der Waals surface area contributed by atoms with Crippen LogP contribution in [0.4, 0.5) is 0 Å². The molecule has 110 valence electrons. The van der Waals surface area contributed by atoms with Gasteiger partial charge in [0.25, 0.3) is 0 Å². The third-order valence-corrected chi connectivity index (χ3v) is 4.52. The van der Waals surface area contributed by atoms with E-state index in [1.165, 1.54) is 17.5 Å². The Hall–Kier alpha value is -1.35. The van der Waals surface area contributed by atoms with Gasteiger partial charge in [0.05, 0.1) is 6.42 Å². The number of nitrogens with two attached hydrogens (primary N) is 1. The molecule has 1 aromatic rings. The minimum atomic E-state index is 0.210. The average molecular weight is 274 g/mol. The predicted molar refractivity (Wildman–Crippen MR) is 82.6 cm³/mol. The Labute approximate surface area is 122 Å². The van der Waals surface area contributed by atoms with Crippen LogP contribution in [0.2, 0.25) is 0 Å². The van der Waals surface area contributed by atoms with Crippen LogP contribution in [0.15, 0.2) is 18.2 Å². The Morgan fingerprint density at radius 2 is 2.15 bits per heavy atom. The molecule has 1 aliphatic heterocycles. The summed E-state index contributed by atoms with van der Waals surface area (Å²) in [6.07, 6.45) is 2.77. The molecule has 0 saturated carbocycles. The first-order valence-electron chi connectivity index (χ1n) is 7.58. The number of hydrogen-bond acceptors (Lipinski definition) is 2. The minimum Gasteiger partial charge on any atom is -0.338 e. The summed E-state index contributed by atoms with van der Waals surface area (Å²) in [5.74, 6) is 0.733. The normalized spacial score (nSPS) is 22.9. The highest BCUT2D eigenvalue weighted by Crippen LogP contribution is 2.24. The lowest BCUT2D eigenvalue weighted by Gasteiger charge is -2.39. The van der Waals surface area contributed by atoms with Crippen molar-refractivity contribution in [2.24, 2.45) is 11.7 Å². The molecule has 1 amide bonds. The van der Waals surface area contributed by atoms with E-state index >= 15 is 0 Å². The third-order valence-electron chi connectivity index (χ3n) is 4.52. The van der Waals surface area contributed by atoms with Crippen LogP contribution >= 0.6 is 0 Å². The van der Waals surface area contributed by atoms with Crippen molar-refractivity contribution in [2.45, 2.75) is 46.1 Å². The van der Waals surface area contributed by atoms with Crippen LogP contribution in [0.1, 0.15) is 36.5 Å². The number of nitrogens with zero attached hydrogens (tertiary/aromatic N) is 1. The van der Waals surface area contributed by atoms with Crippen LogP contribution in [0.5, 0.6) is 0 Å². The summed E-state index contributed by atoms with van der Waals surface area (Å²) in [5, 5.41) is 0. The predicted octanol–water partition coefficient (Wildman–Crippen LogP) is 2.43. The second-order valence-electron chi connectivity index (χ2n) is 6.12. The van der Waals surface area contributed by atoms with Crippen LogP contribution < -0.4 is 5.73 Å². The van der Waals surface area contributed by atoms with Gasteiger partial charge in [-0.1, -0.05) is 30.7 Å². The van der Waals surface area contributed by atoms with Gasteiger partial charge in [-0.15, -0.1) is 0 Å². The van der Waals surface area contributed by atoms with Crippen molar-refractivity contribution in [1.82, 2.24) is 4.90 Å². The van der Waals surface area contributed by atoms with Crippen LogP contribution in [0, 0.1) is 19.8 Å². The van der Waals surface area contributed by atoms with Gasteiger partial charge in [-0.05, 0) is 43.7 Å². The first-order chi connectivity index (χ1) is 9.52. The van der Waals surface area contributed by atoms with E-state index in [1.807, 2.05) is 4.90 Å². The number of aryl methyl sites for hydroxylation is 2. The van der Waals surface area contributed by atoms with Gasteiger partial charge in [0, 0.05) is 19.1 Å². The van der Waals surface area contributed by atoms with E-state index < -0.39 is 0 Å². The molecule has 0 radical (unpaired) electrons. The molecule has 2 atom stereocenters. The zero-order valence-corrected chi connectivity index (χ0v) is 12.9. The van der Waals surface area contributed by atoms with E-state index in [1.54, 1.807) is 0 Å². The standard InChI is InChI=1S/C17H26N2O/c1-12-6-7-13(2)15(9-12)10-17(20)19-8-4-5-14(3)16(19)11-18/h6-7,9,14,16H,4-5,8,10-11,18H2,1-3H3. The van der Waals surface area contributed by atoms with Crippen LogP contribution in [-0.4, -0.2) is 29.9 Å². The molecule has 0 spiro atoms. The fourth-order valence-corrected chi connectivity index (χ4v) is 3.17. The molecule has 3 heteroatoms. The topological polar surface area (TPSA) is 46.3 Å². The van der Waals surface area contributed by atoms with Crippen LogP contribution in [0.3, 0.4) is 0 Å². The summed E-state index contributed by atoms with van der Waals surface area (Å²) < 4.78 is 0. The van der Waals surface area contributed by atoms with Crippen molar-refractivity contribution in [3.05, 3.63) is 34.9 Å². The van der Waals surface area contributed by atoms with Gasteiger partial charge in [0.15, 0.2) is 0 Å². The van der Waals surface area contributed by atoms with Gasteiger partial charge in [-0.2, -0.15) is 0 Å². The van der Waals surface area contributed by atoms with Crippen LogP contribution in [0.25, 0.3) is 0 Å². The molecule has 2 rings (SSSR count). The zero-order valence-electron chi connectivity index (χ0n) is 12.9. The van der Waals surface area contributed by atoms with Crippen molar-refractivity contribution >= 4 is 5.91 Å². The molecule has 0 bridgehead atoms. The molecule has 1 aromatic carbocycles. The molecule has 1 aliphatic rings. The highest BCUT2D eigenvalue weighted by atomic mass is 16.2. The molecule has 2 N–H and O–H groups in total. The number of hydrogen-bond donors (Lipinski definition) is 1. The van der Waals surface area contributed by atoms with Gasteiger partial charge in [-0.25, -0.2) is 0 Å². The Bertz CT molecular complexity index is 484. The van der Waals surface area contributed by atoms with Crippen molar-refractivity contribution in [3.63, 3.8) is 0 Å². The highest BCUT2D eigenvalue weighted by molar-refractivity contribution is 5.79. The molecule has 20 heavy (non-hydrogen) atoms. The van der Waals surface area contributed by atoms with E-state index in [0.717, 1.165) is 18.5 Å². The first-order valence-corrected chi connectivity index (χ1v) is 7.58. The van der Waals surface area contributed by atoms with Gasteiger partial charge in [0.1, 0.15) is 0 Å². The number of amides is 1. The maximum absolute atomic E-state index is 12.6. The maximum Gasteiger partial charge on any atom is 0.227 e. The second kappa shape index (κ2) is 6.40. The molecule has 1 fully saturated rings. The van der Waals surface area contributed by atoms with Gasteiger partial charge < -0.3 is 10.6 Å². The summed E-state index contributed by atoms with van der Waals surface area (Å²) in [5.41, 5.74) is 9.42. The lowest BCUT2D eigenvalue weighted by atomic mass is 9.90. The molecular weight excluding hydrogens is 248 g/mol. The van der Waals surface area contributed by atoms with Gasteiger partial charge in [0.2, 0.25) is 5.91 Å². The van der Waals surface area contributed by atoms with E-state index in [0.29, 0.717) is 18.9 Å². The summed E-state index contributed by atoms with van der Waals surface area (Å²) >= 11 is 0. The SMILES string of the molecule is Cc1ccc(C)c(CC(=O)N2CCCC(C)C2CN)c1. The van der Waals surface area contributed by atoms with E-state index in [2.05, 4.69) is 39.0 Å². The quantitative estimate of drug-likeness (QED) is 0.920. The van der Waals surface area contributed by atoms with E-state index in [-0.39, 0.29) is 11.9 Å². The monoisotopic (exact) mass is 274 g/mol. The molecule has 1 heterocycles. The van der Waals surface area contributed by atoms with Gasteiger partial charge >= 0.3 is 0 Å². The maximum atomic E-state index is 12.6. The van der Waals surface area contributed by atoms with Crippen molar-refractivity contribution < 1.29 is 4.79 Å². The smallest absolute Gasteiger partial charge is 0.227 e. The molecule has 2 unspecified atom stereocenters. The first kappa shape index (κ1) is 15.0. The summed E-state index contributed by atoms with van der Waals surface area (Å²) in [7, 11) is 0. The lowest BCUT2D eigenvalue weighted by Crippen LogP contribution is -2.51. The average Bonchev–Trinajstić information content (AvgIpc) is 2.42. The molecular formula is C17H26N2O. The molecule has 0 aliphatic carbocycles. The summed E-state index contributed by atoms with van der Waals surface area (Å²) in [4.78, 5) is 14.6. The fraction of sp³-hybridized carbons (Fsp3) is 0.588. The largest absolute Gasteiger partial charge is 0.338 e. The summed E-state index contributed by atoms with van der Waals surface area (Å²) in [6, 6.07) is 6.52. The number of rotatable bonds is 3. The van der Waals surface area contributed by atoms with E-state index in [9.17, 15) is 4.79 Å². The van der Waals surface area contributed by atoms with Crippen molar-refractivity contribution in [3.8, 4) is 0 Å². The Kier molecular flexibility index (Phi) is 4.81. The Morgan fingerprint density at radius 1 is 1.40 bits per heavy atom. The van der Waals surface area contributed by atoms with E-state index in [4.69, 9.17) is 5.73 Å². The van der Waals surface area contributed by atoms with Crippen LogP contribution in [-0.2, 0) is 11.2 Å². The van der Waals surface area contributed by atoms with Gasteiger partial charge in [-0.3, -0.25) is 4.79 Å². The molecule has 0 aromatic heterocycles. The Morgan fingerprint density at radius 3 is 2.85 bits per heavy atom. The number of carbonyl (C=O) groups is 1. The number of carbonyl (C=O) groups excluding carboxylic acids is 1. The minimum absolute atomic E-state index is 0.210. The zero-order chi connectivity index (χ0) is 14.7. The third kappa shape index (κ3) is 3.21. The number of piperidine rings is 1. The van der Waals surface area contributed by atoms with Crippen molar-refractivity contribution in [2.75, 3.05) is 13.1 Å². The number of likely N-dealkylation sites (tertiary alicyclic amines) is 1. The molecule has 3 nitrogen and oxygen atoms in total. The Balaban J connectivity index is 2.12. The second-order valence-corrected chi connectivity index (χ2v) is 6.12. The van der Waals surface area contributed by atoms with Crippen molar-refractivity contribution in [1.29, 1.82) is 0 Å². The fourth-order valence-electron chi connectivity index (χ4n) is 3.17.